The Morgan fingerprint density at radius 3 is 2.50 bits per heavy atom. The number of hydrogen-bond acceptors (Lipinski definition) is 3. The fraction of sp³-hybridized carbons (Fsp3) is 0.350. The number of nitrogens with one attached hydrogen (secondary N) is 1. The van der Waals surface area contributed by atoms with Gasteiger partial charge in [0.2, 0.25) is 5.91 Å². The first kappa shape index (κ1) is 17.9. The quantitative estimate of drug-likeness (QED) is 0.767. The molecule has 0 saturated heterocycles. The van der Waals surface area contributed by atoms with Crippen LogP contribution < -0.4 is 11.0 Å². The second kappa shape index (κ2) is 7.15. The number of carbonyl (C=O) groups excluding carboxylic acids is 1. The zero-order chi connectivity index (χ0) is 18.7. The van der Waals surface area contributed by atoms with Crippen LogP contribution in [0.1, 0.15) is 26.3 Å². The molecule has 26 heavy (non-hydrogen) atoms. The number of benzene rings is 1. The van der Waals surface area contributed by atoms with Gasteiger partial charge in [-0.25, -0.2) is 9.78 Å². The Morgan fingerprint density at radius 1 is 1.08 bits per heavy atom. The molecular weight excluding hydrogens is 328 g/mol. The van der Waals surface area contributed by atoms with Crippen molar-refractivity contribution >= 4 is 17.1 Å². The molecule has 0 fully saturated rings. The van der Waals surface area contributed by atoms with E-state index in [0.717, 1.165) is 11.1 Å². The van der Waals surface area contributed by atoms with E-state index in [4.69, 9.17) is 0 Å². The summed E-state index contributed by atoms with van der Waals surface area (Å²) in [6.07, 6.45) is 1.68. The van der Waals surface area contributed by atoms with Crippen molar-refractivity contribution in [1.82, 2.24) is 19.4 Å². The highest BCUT2D eigenvalue weighted by molar-refractivity contribution is 5.81. The van der Waals surface area contributed by atoms with Crippen LogP contribution in [0.4, 0.5) is 0 Å². The van der Waals surface area contributed by atoms with Gasteiger partial charge in [-0.2, -0.15) is 0 Å². The molecule has 2 heterocycles. The SMILES string of the molecule is CC(C)(C)C(=O)NCCn1c(=O)n(Cc2ccccc2)c2cccnc21. The molecule has 1 amide bonds. The summed E-state index contributed by atoms with van der Waals surface area (Å²) < 4.78 is 3.35. The van der Waals surface area contributed by atoms with E-state index in [9.17, 15) is 9.59 Å². The van der Waals surface area contributed by atoms with Crippen molar-refractivity contribution in [3.8, 4) is 0 Å². The van der Waals surface area contributed by atoms with Gasteiger partial charge in [-0.3, -0.25) is 13.9 Å². The van der Waals surface area contributed by atoms with Crippen LogP contribution in [-0.4, -0.2) is 26.6 Å². The minimum Gasteiger partial charge on any atom is -0.354 e. The summed E-state index contributed by atoms with van der Waals surface area (Å²) in [5, 5.41) is 2.89. The Labute approximate surface area is 152 Å². The Balaban J connectivity index is 1.88. The first-order chi connectivity index (χ1) is 12.4. The Bertz CT molecular complexity index is 965. The molecule has 2 aromatic heterocycles. The van der Waals surface area contributed by atoms with Crippen LogP contribution in [0.25, 0.3) is 11.2 Å². The van der Waals surface area contributed by atoms with Gasteiger partial charge in [0, 0.05) is 24.7 Å². The van der Waals surface area contributed by atoms with Crippen LogP contribution in [0.5, 0.6) is 0 Å². The molecule has 6 heteroatoms. The van der Waals surface area contributed by atoms with Gasteiger partial charge in [0.25, 0.3) is 0 Å². The zero-order valence-electron chi connectivity index (χ0n) is 15.4. The van der Waals surface area contributed by atoms with Crippen molar-refractivity contribution in [3.63, 3.8) is 0 Å². The van der Waals surface area contributed by atoms with Gasteiger partial charge in [0.15, 0.2) is 5.65 Å². The maximum atomic E-state index is 12.9. The Morgan fingerprint density at radius 2 is 1.81 bits per heavy atom. The fourth-order valence-electron chi connectivity index (χ4n) is 2.81. The van der Waals surface area contributed by atoms with E-state index in [-0.39, 0.29) is 11.6 Å². The van der Waals surface area contributed by atoms with Crippen LogP contribution >= 0.6 is 0 Å². The lowest BCUT2D eigenvalue weighted by molar-refractivity contribution is -0.128. The third-order valence-corrected chi connectivity index (χ3v) is 4.26. The number of nitrogens with zero attached hydrogens (tertiary/aromatic N) is 3. The minimum atomic E-state index is -0.454. The van der Waals surface area contributed by atoms with Gasteiger partial charge >= 0.3 is 5.69 Å². The van der Waals surface area contributed by atoms with Crippen molar-refractivity contribution in [2.24, 2.45) is 5.41 Å². The van der Waals surface area contributed by atoms with Crippen LogP contribution in [-0.2, 0) is 17.9 Å². The van der Waals surface area contributed by atoms with E-state index in [1.807, 2.05) is 63.2 Å². The first-order valence-corrected chi connectivity index (χ1v) is 8.74. The molecule has 6 nitrogen and oxygen atoms in total. The summed E-state index contributed by atoms with van der Waals surface area (Å²) >= 11 is 0. The highest BCUT2D eigenvalue weighted by atomic mass is 16.2. The fourth-order valence-corrected chi connectivity index (χ4v) is 2.81. The predicted molar refractivity (Wildman–Crippen MR) is 102 cm³/mol. The van der Waals surface area contributed by atoms with E-state index in [2.05, 4.69) is 10.3 Å². The van der Waals surface area contributed by atoms with Gasteiger partial charge < -0.3 is 5.32 Å². The summed E-state index contributed by atoms with van der Waals surface area (Å²) in [5.74, 6) is -0.0356. The standard InChI is InChI=1S/C20H24N4O2/c1-20(2,3)18(25)22-12-13-23-17-16(10-7-11-21-17)24(19(23)26)14-15-8-5-4-6-9-15/h4-11H,12-14H2,1-3H3,(H,22,25). The molecule has 0 unspecified atom stereocenters. The Hall–Kier alpha value is -2.89. The van der Waals surface area contributed by atoms with E-state index in [1.54, 1.807) is 15.3 Å². The average molecular weight is 352 g/mol. The lowest BCUT2D eigenvalue weighted by Gasteiger charge is -2.17. The van der Waals surface area contributed by atoms with Gasteiger partial charge in [-0.1, -0.05) is 51.1 Å². The molecule has 0 saturated carbocycles. The number of carbonyl (C=O) groups is 1. The number of aromatic nitrogens is 3. The largest absolute Gasteiger partial charge is 0.354 e. The van der Waals surface area contributed by atoms with Crippen molar-refractivity contribution in [2.75, 3.05) is 6.54 Å². The summed E-state index contributed by atoms with van der Waals surface area (Å²) in [7, 11) is 0. The van der Waals surface area contributed by atoms with Crippen molar-refractivity contribution in [2.45, 2.75) is 33.9 Å². The monoisotopic (exact) mass is 352 g/mol. The minimum absolute atomic E-state index is 0.0356. The van der Waals surface area contributed by atoms with Crippen molar-refractivity contribution in [1.29, 1.82) is 0 Å². The molecule has 0 aliphatic carbocycles. The van der Waals surface area contributed by atoms with Gasteiger partial charge in [0.1, 0.15) is 0 Å². The van der Waals surface area contributed by atoms with Gasteiger partial charge in [-0.05, 0) is 17.7 Å². The second-order valence-electron chi connectivity index (χ2n) is 7.36. The lowest BCUT2D eigenvalue weighted by Crippen LogP contribution is -2.38. The molecule has 0 bridgehead atoms. The maximum absolute atomic E-state index is 12.9. The molecule has 0 spiro atoms. The molecule has 136 valence electrons. The summed E-state index contributed by atoms with van der Waals surface area (Å²) in [6.45, 7) is 6.85. The smallest absolute Gasteiger partial charge is 0.330 e. The Kier molecular flexibility index (Phi) is 4.93. The molecular formula is C20H24N4O2. The number of rotatable bonds is 5. The molecule has 0 radical (unpaired) electrons. The van der Waals surface area contributed by atoms with E-state index in [1.165, 1.54) is 0 Å². The van der Waals surface area contributed by atoms with E-state index in [0.29, 0.717) is 25.3 Å². The third-order valence-electron chi connectivity index (χ3n) is 4.26. The molecule has 1 aromatic carbocycles. The molecule has 3 aromatic rings. The summed E-state index contributed by atoms with van der Waals surface area (Å²) in [5.41, 5.74) is 1.91. The van der Waals surface area contributed by atoms with Crippen LogP contribution in [0.3, 0.4) is 0 Å². The molecule has 3 rings (SSSR count). The summed E-state index contributed by atoms with van der Waals surface area (Å²) in [6, 6.07) is 13.6. The van der Waals surface area contributed by atoms with Crippen LogP contribution in [0, 0.1) is 5.41 Å². The van der Waals surface area contributed by atoms with Crippen molar-refractivity contribution in [3.05, 3.63) is 64.7 Å². The van der Waals surface area contributed by atoms with Crippen molar-refractivity contribution < 1.29 is 4.79 Å². The average Bonchev–Trinajstić information content (AvgIpc) is 2.87. The third kappa shape index (κ3) is 3.69. The first-order valence-electron chi connectivity index (χ1n) is 8.74. The molecule has 0 aliphatic heterocycles. The topological polar surface area (TPSA) is 68.9 Å². The lowest BCUT2D eigenvalue weighted by atomic mass is 9.96. The van der Waals surface area contributed by atoms with Crippen LogP contribution in [0.15, 0.2) is 53.5 Å². The molecule has 1 N–H and O–H groups in total. The predicted octanol–water partition coefficient (Wildman–Crippen LogP) is 2.41. The zero-order valence-corrected chi connectivity index (χ0v) is 15.4. The highest BCUT2D eigenvalue weighted by Gasteiger charge is 2.21. The van der Waals surface area contributed by atoms with Gasteiger partial charge in [0.05, 0.1) is 12.1 Å². The van der Waals surface area contributed by atoms with E-state index >= 15 is 0 Å². The number of fused-ring (bicyclic) bond motifs is 1. The second-order valence-corrected chi connectivity index (χ2v) is 7.36. The maximum Gasteiger partial charge on any atom is 0.330 e. The van der Waals surface area contributed by atoms with E-state index < -0.39 is 5.41 Å². The van der Waals surface area contributed by atoms with Crippen LogP contribution in [0.2, 0.25) is 0 Å². The number of hydrogen-bond donors (Lipinski definition) is 1. The highest BCUT2D eigenvalue weighted by Crippen LogP contribution is 2.13. The molecule has 0 aliphatic rings. The summed E-state index contributed by atoms with van der Waals surface area (Å²) in [4.78, 5) is 29.3. The van der Waals surface area contributed by atoms with Gasteiger partial charge in [-0.15, -0.1) is 0 Å². The number of imidazole rings is 1. The number of pyridine rings is 1. The number of amides is 1. The normalized spacial score (nSPS) is 11.7. The molecule has 0 atom stereocenters.